The van der Waals surface area contributed by atoms with Crippen LogP contribution in [0.3, 0.4) is 0 Å². The first-order valence-corrected chi connectivity index (χ1v) is 11.0. The number of hydrogen-bond acceptors (Lipinski definition) is 6. The maximum atomic E-state index is 12.0. The standard InChI is InChI=1S/C25H29N3O4/c1-3-31-24(29)15-21-18-30-14-13-28(21)17-20-16-27(2)26-25(20)19-9-11-23(12-10-19)32-22-7-5-4-6-8-22/h4-12,16,21H,3,13-15,17-18H2,1-2H3. The van der Waals surface area contributed by atoms with Gasteiger partial charge in [-0.15, -0.1) is 0 Å². The van der Waals surface area contributed by atoms with E-state index in [2.05, 4.69) is 4.90 Å². The molecule has 1 fully saturated rings. The molecule has 168 valence electrons. The zero-order valence-electron chi connectivity index (χ0n) is 18.6. The van der Waals surface area contributed by atoms with E-state index in [-0.39, 0.29) is 12.0 Å². The number of aromatic nitrogens is 2. The van der Waals surface area contributed by atoms with Gasteiger partial charge in [0.2, 0.25) is 0 Å². The third-order valence-corrected chi connectivity index (χ3v) is 5.44. The lowest BCUT2D eigenvalue weighted by Gasteiger charge is -2.35. The summed E-state index contributed by atoms with van der Waals surface area (Å²) in [5.74, 6) is 1.40. The van der Waals surface area contributed by atoms with Gasteiger partial charge in [0, 0.05) is 43.5 Å². The van der Waals surface area contributed by atoms with Crippen LogP contribution in [0.25, 0.3) is 11.3 Å². The first-order chi connectivity index (χ1) is 15.6. The average Bonchev–Trinajstić information content (AvgIpc) is 3.16. The topological polar surface area (TPSA) is 65.8 Å². The van der Waals surface area contributed by atoms with Crippen molar-refractivity contribution in [2.75, 3.05) is 26.4 Å². The molecule has 1 aliphatic heterocycles. The maximum absolute atomic E-state index is 12.0. The second-order valence-electron chi connectivity index (χ2n) is 7.82. The van der Waals surface area contributed by atoms with Crippen LogP contribution in [0, 0.1) is 0 Å². The van der Waals surface area contributed by atoms with Gasteiger partial charge in [0.15, 0.2) is 0 Å². The quantitative estimate of drug-likeness (QED) is 0.498. The molecule has 2 heterocycles. The third kappa shape index (κ3) is 5.55. The summed E-state index contributed by atoms with van der Waals surface area (Å²) in [7, 11) is 1.93. The van der Waals surface area contributed by atoms with E-state index in [4.69, 9.17) is 19.3 Å². The lowest BCUT2D eigenvalue weighted by Crippen LogP contribution is -2.46. The van der Waals surface area contributed by atoms with Crippen LogP contribution in [0.1, 0.15) is 18.9 Å². The molecule has 0 amide bonds. The summed E-state index contributed by atoms with van der Waals surface area (Å²) < 4.78 is 18.5. The van der Waals surface area contributed by atoms with E-state index < -0.39 is 0 Å². The Bertz CT molecular complexity index is 1020. The van der Waals surface area contributed by atoms with Crippen LogP contribution >= 0.6 is 0 Å². The molecule has 1 atom stereocenters. The average molecular weight is 436 g/mol. The van der Waals surface area contributed by atoms with Gasteiger partial charge in [-0.25, -0.2) is 0 Å². The number of carbonyl (C=O) groups excluding carboxylic acids is 1. The van der Waals surface area contributed by atoms with Gasteiger partial charge in [0.1, 0.15) is 11.5 Å². The van der Waals surface area contributed by atoms with Crippen LogP contribution in [0.5, 0.6) is 11.5 Å². The lowest BCUT2D eigenvalue weighted by molar-refractivity contribution is -0.146. The number of carbonyl (C=O) groups is 1. The molecular weight excluding hydrogens is 406 g/mol. The van der Waals surface area contributed by atoms with Crippen LogP contribution in [0.4, 0.5) is 0 Å². The Morgan fingerprint density at radius 3 is 2.62 bits per heavy atom. The van der Waals surface area contributed by atoms with Gasteiger partial charge in [-0.3, -0.25) is 14.4 Å². The van der Waals surface area contributed by atoms with Crippen molar-refractivity contribution in [3.63, 3.8) is 0 Å². The number of rotatable bonds is 8. The second kappa shape index (κ2) is 10.4. The van der Waals surface area contributed by atoms with E-state index in [1.54, 1.807) is 0 Å². The van der Waals surface area contributed by atoms with Crippen LogP contribution in [0.2, 0.25) is 0 Å². The lowest BCUT2D eigenvalue weighted by atomic mass is 10.1. The fraction of sp³-hybridized carbons (Fsp3) is 0.360. The third-order valence-electron chi connectivity index (χ3n) is 5.44. The monoisotopic (exact) mass is 435 g/mol. The molecular formula is C25H29N3O4. The molecule has 3 aromatic rings. The summed E-state index contributed by atoms with van der Waals surface area (Å²) in [5, 5.41) is 4.70. The number of para-hydroxylation sites is 1. The van der Waals surface area contributed by atoms with Crippen LogP contribution in [-0.4, -0.2) is 53.1 Å². The smallest absolute Gasteiger partial charge is 0.307 e. The molecule has 32 heavy (non-hydrogen) atoms. The summed E-state index contributed by atoms with van der Waals surface area (Å²) in [5.41, 5.74) is 3.07. The zero-order valence-corrected chi connectivity index (χ0v) is 18.6. The van der Waals surface area contributed by atoms with E-state index >= 15 is 0 Å². The number of morpholine rings is 1. The van der Waals surface area contributed by atoms with Crippen molar-refractivity contribution in [1.29, 1.82) is 0 Å². The molecule has 1 saturated heterocycles. The number of aryl methyl sites for hydroxylation is 1. The Balaban J connectivity index is 1.49. The molecule has 0 radical (unpaired) electrons. The molecule has 1 aliphatic rings. The van der Waals surface area contributed by atoms with Crippen LogP contribution in [0.15, 0.2) is 60.8 Å². The van der Waals surface area contributed by atoms with Crippen molar-refractivity contribution in [2.45, 2.75) is 25.9 Å². The highest BCUT2D eigenvalue weighted by Crippen LogP contribution is 2.28. The van der Waals surface area contributed by atoms with Crippen molar-refractivity contribution < 1.29 is 19.0 Å². The second-order valence-corrected chi connectivity index (χ2v) is 7.82. The van der Waals surface area contributed by atoms with Gasteiger partial charge in [-0.2, -0.15) is 5.10 Å². The fourth-order valence-corrected chi connectivity index (χ4v) is 3.92. The summed E-state index contributed by atoms with van der Waals surface area (Å²) in [6, 6.07) is 17.7. The van der Waals surface area contributed by atoms with Crippen LogP contribution in [-0.2, 0) is 27.9 Å². The van der Waals surface area contributed by atoms with Gasteiger partial charge in [-0.05, 0) is 43.3 Å². The molecule has 1 unspecified atom stereocenters. The van der Waals surface area contributed by atoms with Gasteiger partial charge < -0.3 is 14.2 Å². The number of hydrogen-bond donors (Lipinski definition) is 0. The van der Waals surface area contributed by atoms with Crippen molar-refractivity contribution in [1.82, 2.24) is 14.7 Å². The number of esters is 1. The number of nitrogens with zero attached hydrogens (tertiary/aromatic N) is 3. The van der Waals surface area contributed by atoms with E-state index in [1.165, 1.54) is 0 Å². The molecule has 1 aromatic heterocycles. The Morgan fingerprint density at radius 1 is 1.12 bits per heavy atom. The minimum atomic E-state index is -0.187. The van der Waals surface area contributed by atoms with Gasteiger partial charge in [-0.1, -0.05) is 18.2 Å². The highest BCUT2D eigenvalue weighted by atomic mass is 16.5. The number of benzene rings is 2. The summed E-state index contributed by atoms with van der Waals surface area (Å²) in [4.78, 5) is 14.3. The predicted molar refractivity (Wildman–Crippen MR) is 121 cm³/mol. The Hall–Kier alpha value is -3.16. The molecule has 4 rings (SSSR count). The van der Waals surface area contributed by atoms with Gasteiger partial charge in [0.05, 0.1) is 31.9 Å². The van der Waals surface area contributed by atoms with Gasteiger partial charge in [0.25, 0.3) is 0 Å². The van der Waals surface area contributed by atoms with Crippen LogP contribution < -0.4 is 4.74 Å². The van der Waals surface area contributed by atoms with Crippen molar-refractivity contribution >= 4 is 5.97 Å². The molecule has 0 spiro atoms. The van der Waals surface area contributed by atoms with E-state index in [9.17, 15) is 4.79 Å². The Kier molecular flexibility index (Phi) is 7.19. The van der Waals surface area contributed by atoms with Gasteiger partial charge >= 0.3 is 5.97 Å². The van der Waals surface area contributed by atoms with Crippen molar-refractivity contribution in [3.8, 4) is 22.8 Å². The summed E-state index contributed by atoms with van der Waals surface area (Å²) in [6.07, 6.45) is 2.37. The Morgan fingerprint density at radius 2 is 1.88 bits per heavy atom. The minimum Gasteiger partial charge on any atom is -0.466 e. The number of ether oxygens (including phenoxy) is 3. The Labute approximate surface area is 188 Å². The molecule has 0 saturated carbocycles. The molecule has 0 bridgehead atoms. The van der Waals surface area contributed by atoms with Crippen molar-refractivity contribution in [3.05, 3.63) is 66.4 Å². The first-order valence-electron chi connectivity index (χ1n) is 11.0. The normalized spacial score (nSPS) is 16.6. The molecule has 2 aromatic carbocycles. The van der Waals surface area contributed by atoms with Crippen molar-refractivity contribution in [2.24, 2.45) is 7.05 Å². The molecule has 0 N–H and O–H groups in total. The van der Waals surface area contributed by atoms with E-state index in [0.717, 1.165) is 34.9 Å². The zero-order chi connectivity index (χ0) is 22.3. The maximum Gasteiger partial charge on any atom is 0.307 e. The summed E-state index contributed by atoms with van der Waals surface area (Å²) in [6.45, 7) is 4.86. The fourth-order valence-electron chi connectivity index (χ4n) is 3.92. The first kappa shape index (κ1) is 22.0. The largest absolute Gasteiger partial charge is 0.466 e. The van der Waals surface area contributed by atoms with E-state index in [1.807, 2.05) is 79.4 Å². The molecule has 7 heteroatoms. The highest BCUT2D eigenvalue weighted by Gasteiger charge is 2.27. The highest BCUT2D eigenvalue weighted by molar-refractivity contribution is 5.70. The molecule has 7 nitrogen and oxygen atoms in total. The minimum absolute atomic E-state index is 0.00231. The van der Waals surface area contributed by atoms with E-state index in [0.29, 0.717) is 32.8 Å². The predicted octanol–water partition coefficient (Wildman–Crippen LogP) is 4.03. The molecule has 0 aliphatic carbocycles. The summed E-state index contributed by atoms with van der Waals surface area (Å²) >= 11 is 0. The SMILES string of the molecule is CCOC(=O)CC1COCCN1Cc1cn(C)nc1-c1ccc(Oc2ccccc2)cc1.